The van der Waals surface area contributed by atoms with Gasteiger partial charge in [0.1, 0.15) is 17.0 Å². The van der Waals surface area contributed by atoms with Gasteiger partial charge in [-0.1, -0.05) is 26.0 Å². The first-order valence-corrected chi connectivity index (χ1v) is 12.1. The van der Waals surface area contributed by atoms with Gasteiger partial charge in [0, 0.05) is 11.3 Å². The topological polar surface area (TPSA) is 96.6 Å². The number of anilines is 1. The molecule has 4 rings (SSSR count). The van der Waals surface area contributed by atoms with Crippen LogP contribution >= 0.6 is 28.1 Å². The summed E-state index contributed by atoms with van der Waals surface area (Å²) in [6, 6.07) is 16.3. The number of fused-ring (bicyclic) bond motifs is 1. The molecule has 4 aromatic rings. The number of phenolic OH excluding ortho intramolecular Hbond substituents is 1. The number of nitrogens with one attached hydrogen (secondary N) is 2. The Morgan fingerprint density at radius 2 is 1.97 bits per heavy atom. The molecule has 0 atom stereocenters. The van der Waals surface area contributed by atoms with E-state index in [-0.39, 0.29) is 29.3 Å². The van der Waals surface area contributed by atoms with E-state index in [9.17, 15) is 9.90 Å². The van der Waals surface area contributed by atoms with E-state index in [0.29, 0.717) is 32.9 Å². The Bertz CT molecular complexity index is 1420. The Hall–Kier alpha value is -3.43. The van der Waals surface area contributed by atoms with Crippen LogP contribution in [0.1, 0.15) is 30.9 Å². The normalized spacial score (nSPS) is 11.0. The average Bonchev–Trinajstić information content (AvgIpc) is 3.22. The number of amides is 1. The third-order valence-corrected chi connectivity index (χ3v) is 6.08. The minimum atomic E-state index is -0.360. The molecule has 9 heteroatoms. The van der Waals surface area contributed by atoms with Crippen molar-refractivity contribution < 1.29 is 19.1 Å². The summed E-state index contributed by atoms with van der Waals surface area (Å²) >= 11 is 8.59. The highest BCUT2D eigenvalue weighted by atomic mass is 79.9. The Morgan fingerprint density at radius 3 is 2.71 bits per heavy atom. The lowest BCUT2D eigenvalue weighted by atomic mass is 10.0. The Kier molecular flexibility index (Phi) is 7.37. The van der Waals surface area contributed by atoms with Crippen LogP contribution in [0.3, 0.4) is 0 Å². The first kappa shape index (κ1) is 24.7. The number of hydrogen-bond donors (Lipinski definition) is 3. The van der Waals surface area contributed by atoms with Crippen LogP contribution in [-0.4, -0.2) is 27.7 Å². The van der Waals surface area contributed by atoms with Gasteiger partial charge in [-0.15, -0.1) is 0 Å². The number of halogens is 1. The second-order valence-corrected chi connectivity index (χ2v) is 9.62. The van der Waals surface area contributed by atoms with Crippen molar-refractivity contribution in [3.63, 3.8) is 0 Å². The molecular formula is C26H24BrN3O4S. The molecule has 0 spiro atoms. The molecule has 1 aromatic heterocycles. The Balaban J connectivity index is 1.38. The molecule has 0 fully saturated rings. The molecule has 0 aliphatic rings. The lowest BCUT2D eigenvalue weighted by molar-refractivity contribution is -0.121. The molecule has 3 N–H and O–H groups in total. The summed E-state index contributed by atoms with van der Waals surface area (Å²) in [6.07, 6.45) is 0. The summed E-state index contributed by atoms with van der Waals surface area (Å²) < 4.78 is 12.1. The van der Waals surface area contributed by atoms with Crippen molar-refractivity contribution in [2.45, 2.75) is 26.7 Å². The van der Waals surface area contributed by atoms with Gasteiger partial charge in [-0.2, -0.15) is 0 Å². The van der Waals surface area contributed by atoms with E-state index in [4.69, 9.17) is 21.4 Å². The summed E-state index contributed by atoms with van der Waals surface area (Å²) in [6.45, 7) is 5.98. The zero-order valence-electron chi connectivity index (χ0n) is 19.4. The fourth-order valence-corrected chi connectivity index (χ4v) is 4.09. The first-order valence-electron chi connectivity index (χ1n) is 10.9. The number of phenols is 1. The van der Waals surface area contributed by atoms with Crippen molar-refractivity contribution >= 4 is 56.0 Å². The Labute approximate surface area is 216 Å². The zero-order valence-corrected chi connectivity index (χ0v) is 21.8. The highest BCUT2D eigenvalue weighted by molar-refractivity contribution is 9.10. The predicted molar refractivity (Wildman–Crippen MR) is 144 cm³/mol. The number of benzene rings is 3. The smallest absolute Gasteiger partial charge is 0.264 e. The van der Waals surface area contributed by atoms with E-state index in [1.54, 1.807) is 36.4 Å². The van der Waals surface area contributed by atoms with Crippen LogP contribution in [-0.2, 0) is 4.79 Å². The van der Waals surface area contributed by atoms with Crippen LogP contribution in [0.5, 0.6) is 11.5 Å². The van der Waals surface area contributed by atoms with Gasteiger partial charge in [0.05, 0.1) is 4.47 Å². The molecule has 0 saturated heterocycles. The number of carbonyl (C=O) groups is 1. The van der Waals surface area contributed by atoms with Gasteiger partial charge >= 0.3 is 0 Å². The molecule has 180 valence electrons. The van der Waals surface area contributed by atoms with Crippen molar-refractivity contribution in [1.29, 1.82) is 0 Å². The number of aromatic nitrogens is 1. The van der Waals surface area contributed by atoms with Gasteiger partial charge in [-0.3, -0.25) is 10.1 Å². The maximum Gasteiger partial charge on any atom is 0.264 e. The molecule has 7 nitrogen and oxygen atoms in total. The third kappa shape index (κ3) is 5.98. The zero-order chi connectivity index (χ0) is 25.1. The summed E-state index contributed by atoms with van der Waals surface area (Å²) in [5.41, 5.74) is 4.69. The summed E-state index contributed by atoms with van der Waals surface area (Å²) in [7, 11) is 0. The maximum atomic E-state index is 12.4. The van der Waals surface area contributed by atoms with Gasteiger partial charge in [0.25, 0.3) is 5.91 Å². The molecular weight excluding hydrogens is 530 g/mol. The standard InChI is InChI=1S/C26H24BrN3O4S/c1-14(2)18-7-4-15(3)10-23(18)33-13-24(32)30-26(35)28-17-6-9-22-20(12-17)29-25(34-22)16-5-8-21(31)19(27)11-16/h4-12,14,31H,13H2,1-3H3,(H2,28,30,32,35). The van der Waals surface area contributed by atoms with Crippen molar-refractivity contribution in [3.8, 4) is 23.0 Å². The molecule has 0 saturated carbocycles. The molecule has 0 aliphatic heterocycles. The van der Waals surface area contributed by atoms with Crippen LogP contribution in [0.2, 0.25) is 0 Å². The maximum absolute atomic E-state index is 12.4. The number of nitrogens with zero attached hydrogens (tertiary/aromatic N) is 1. The Morgan fingerprint density at radius 1 is 1.17 bits per heavy atom. The molecule has 3 aromatic carbocycles. The number of ether oxygens (including phenoxy) is 1. The van der Waals surface area contributed by atoms with E-state index in [1.807, 2.05) is 25.1 Å². The van der Waals surface area contributed by atoms with Crippen LogP contribution in [0.15, 0.2) is 63.5 Å². The second kappa shape index (κ2) is 10.5. The van der Waals surface area contributed by atoms with Crippen LogP contribution in [0, 0.1) is 6.92 Å². The van der Waals surface area contributed by atoms with E-state index in [2.05, 4.69) is 45.4 Å². The first-order chi connectivity index (χ1) is 16.7. The molecule has 1 amide bonds. The fraction of sp³-hybridized carbons (Fsp3) is 0.192. The van der Waals surface area contributed by atoms with Gasteiger partial charge in [0.15, 0.2) is 17.3 Å². The minimum Gasteiger partial charge on any atom is -0.507 e. The molecule has 0 unspecified atom stereocenters. The summed E-state index contributed by atoms with van der Waals surface area (Å²) in [5.74, 6) is 1.17. The van der Waals surface area contributed by atoms with Crippen molar-refractivity contribution in [2.24, 2.45) is 0 Å². The number of oxazole rings is 1. The number of aromatic hydroxyl groups is 1. The quantitative estimate of drug-likeness (QED) is 0.241. The molecule has 0 aliphatic carbocycles. The van der Waals surface area contributed by atoms with Gasteiger partial charge in [-0.05, 0) is 94.6 Å². The minimum absolute atomic E-state index is 0.136. The largest absolute Gasteiger partial charge is 0.507 e. The van der Waals surface area contributed by atoms with Gasteiger partial charge < -0.3 is 19.6 Å². The van der Waals surface area contributed by atoms with Gasteiger partial charge in [-0.25, -0.2) is 4.98 Å². The lowest BCUT2D eigenvalue weighted by Gasteiger charge is -2.15. The fourth-order valence-electron chi connectivity index (χ4n) is 3.48. The summed E-state index contributed by atoms with van der Waals surface area (Å²) in [4.78, 5) is 16.9. The van der Waals surface area contributed by atoms with Crippen LogP contribution in [0.25, 0.3) is 22.6 Å². The lowest BCUT2D eigenvalue weighted by Crippen LogP contribution is -2.37. The summed E-state index contributed by atoms with van der Waals surface area (Å²) in [5, 5.41) is 15.5. The molecule has 0 radical (unpaired) electrons. The van der Waals surface area contributed by atoms with E-state index in [0.717, 1.165) is 16.7 Å². The second-order valence-electron chi connectivity index (χ2n) is 8.35. The number of hydrogen-bond acceptors (Lipinski definition) is 6. The molecule has 0 bridgehead atoms. The number of carbonyl (C=O) groups excluding carboxylic acids is 1. The van der Waals surface area contributed by atoms with Crippen LogP contribution < -0.4 is 15.4 Å². The van der Waals surface area contributed by atoms with E-state index < -0.39 is 0 Å². The predicted octanol–water partition coefficient (Wildman–Crippen LogP) is 6.29. The third-order valence-electron chi connectivity index (χ3n) is 5.24. The highest BCUT2D eigenvalue weighted by Gasteiger charge is 2.13. The average molecular weight is 554 g/mol. The number of aryl methyl sites for hydroxylation is 1. The SMILES string of the molecule is Cc1ccc(C(C)C)c(OCC(=O)NC(=S)Nc2ccc3oc(-c4ccc(O)c(Br)c4)nc3c2)c1. The molecule has 35 heavy (non-hydrogen) atoms. The van der Waals surface area contributed by atoms with Crippen molar-refractivity contribution in [3.05, 3.63) is 70.2 Å². The molecule has 1 heterocycles. The van der Waals surface area contributed by atoms with Gasteiger partial charge in [0.2, 0.25) is 5.89 Å². The van der Waals surface area contributed by atoms with Crippen LogP contribution in [0.4, 0.5) is 5.69 Å². The number of rotatable bonds is 6. The number of thiocarbonyl (C=S) groups is 1. The van der Waals surface area contributed by atoms with E-state index >= 15 is 0 Å². The van der Waals surface area contributed by atoms with Crippen molar-refractivity contribution in [1.82, 2.24) is 10.3 Å². The highest BCUT2D eigenvalue weighted by Crippen LogP contribution is 2.32. The monoisotopic (exact) mass is 553 g/mol. The van der Waals surface area contributed by atoms with E-state index in [1.165, 1.54) is 0 Å². The van der Waals surface area contributed by atoms with Crippen molar-refractivity contribution in [2.75, 3.05) is 11.9 Å².